The average molecular weight is 453 g/mol. The lowest BCUT2D eigenvalue weighted by atomic mass is 10.3. The minimum absolute atomic E-state index is 0.122. The van der Waals surface area contributed by atoms with Crippen LogP contribution in [-0.4, -0.2) is 20.9 Å². The van der Waals surface area contributed by atoms with E-state index in [4.69, 9.17) is 9.15 Å². The summed E-state index contributed by atoms with van der Waals surface area (Å²) in [7, 11) is -4.10. The van der Waals surface area contributed by atoms with Crippen LogP contribution in [0, 0.1) is 0 Å². The highest BCUT2D eigenvalue weighted by Crippen LogP contribution is 2.27. The van der Waals surface area contributed by atoms with Crippen molar-refractivity contribution in [2.75, 3.05) is 6.61 Å². The van der Waals surface area contributed by atoms with Crippen LogP contribution in [0.1, 0.15) is 17.5 Å². The molecule has 0 aliphatic rings. The summed E-state index contributed by atoms with van der Waals surface area (Å²) in [4.78, 5) is 11.8. The Kier molecular flexibility index (Phi) is 5.30. The number of rotatable bonds is 5. The lowest BCUT2D eigenvalue weighted by Crippen LogP contribution is -2.30. The molecule has 9 heteroatoms. The quantitative estimate of drug-likeness (QED) is 0.751. The highest BCUT2D eigenvalue weighted by atomic mass is 79.9. The van der Waals surface area contributed by atoms with Gasteiger partial charge in [0.05, 0.1) is 6.61 Å². The number of ether oxygens (including phenoxy) is 1. The van der Waals surface area contributed by atoms with Gasteiger partial charge in [-0.15, -0.1) is 0 Å². The Bertz CT molecular complexity index is 801. The molecule has 0 aliphatic heterocycles. The van der Waals surface area contributed by atoms with Gasteiger partial charge in [0, 0.05) is 4.47 Å². The zero-order chi connectivity index (χ0) is 16.3. The maximum absolute atomic E-state index is 12.4. The second kappa shape index (κ2) is 6.84. The van der Waals surface area contributed by atoms with Crippen molar-refractivity contribution in [2.45, 2.75) is 11.8 Å². The summed E-state index contributed by atoms with van der Waals surface area (Å²) in [5.74, 6) is -0.830. The van der Waals surface area contributed by atoms with E-state index in [1.807, 2.05) is 4.72 Å². The van der Waals surface area contributed by atoms with Gasteiger partial charge in [-0.3, -0.25) is 4.79 Å². The molecule has 6 nitrogen and oxygen atoms in total. The van der Waals surface area contributed by atoms with Crippen LogP contribution >= 0.6 is 31.9 Å². The fourth-order valence-electron chi connectivity index (χ4n) is 1.63. The highest BCUT2D eigenvalue weighted by molar-refractivity contribution is 9.10. The Morgan fingerprint density at radius 2 is 2.00 bits per heavy atom. The van der Waals surface area contributed by atoms with Crippen molar-refractivity contribution in [1.29, 1.82) is 0 Å². The zero-order valence-electron chi connectivity index (χ0n) is 11.3. The third-order valence-electron chi connectivity index (χ3n) is 2.52. The Balaban J connectivity index is 2.34. The van der Waals surface area contributed by atoms with Crippen molar-refractivity contribution < 1.29 is 22.4 Å². The number of halogens is 2. The van der Waals surface area contributed by atoms with E-state index in [1.165, 1.54) is 24.3 Å². The first-order valence-electron chi connectivity index (χ1n) is 6.08. The smallest absolute Gasteiger partial charge is 0.300 e. The lowest BCUT2D eigenvalue weighted by molar-refractivity contribution is 0.0953. The minimum atomic E-state index is -4.10. The Morgan fingerprint density at radius 1 is 1.27 bits per heavy atom. The molecule has 0 radical (unpaired) electrons. The van der Waals surface area contributed by atoms with E-state index in [2.05, 4.69) is 31.9 Å². The normalized spacial score (nSPS) is 11.2. The van der Waals surface area contributed by atoms with Gasteiger partial charge in [0.15, 0.2) is 10.4 Å². The number of furan rings is 1. The van der Waals surface area contributed by atoms with Gasteiger partial charge in [0.1, 0.15) is 10.6 Å². The predicted molar refractivity (Wildman–Crippen MR) is 86.4 cm³/mol. The van der Waals surface area contributed by atoms with Crippen LogP contribution in [0.4, 0.5) is 0 Å². The van der Waals surface area contributed by atoms with Crippen molar-refractivity contribution in [1.82, 2.24) is 4.72 Å². The number of amides is 1. The molecular formula is C13H11Br2NO5S. The largest absolute Gasteiger partial charge is 0.492 e. The number of carbonyl (C=O) groups is 1. The van der Waals surface area contributed by atoms with Crippen molar-refractivity contribution in [3.05, 3.63) is 45.2 Å². The molecule has 0 saturated carbocycles. The van der Waals surface area contributed by atoms with Crippen LogP contribution in [0.3, 0.4) is 0 Å². The first-order valence-corrected chi connectivity index (χ1v) is 9.15. The Labute approximate surface area is 144 Å². The van der Waals surface area contributed by atoms with Crippen molar-refractivity contribution in [3.8, 4) is 5.75 Å². The van der Waals surface area contributed by atoms with Crippen LogP contribution in [0.15, 0.2) is 48.8 Å². The molecule has 1 aromatic carbocycles. The van der Waals surface area contributed by atoms with Gasteiger partial charge in [-0.1, -0.05) is 15.9 Å². The fourth-order valence-corrected chi connectivity index (χ4v) is 3.58. The van der Waals surface area contributed by atoms with Gasteiger partial charge in [-0.05, 0) is 53.2 Å². The molecule has 2 aromatic rings. The molecule has 1 heterocycles. The van der Waals surface area contributed by atoms with E-state index < -0.39 is 15.9 Å². The summed E-state index contributed by atoms with van der Waals surface area (Å²) in [6.45, 7) is 2.03. The number of hydrogen-bond donors (Lipinski definition) is 1. The summed E-state index contributed by atoms with van der Waals surface area (Å²) in [6.07, 6.45) is 0. The number of carbonyl (C=O) groups excluding carboxylic acids is 1. The summed E-state index contributed by atoms with van der Waals surface area (Å²) in [6, 6.07) is 7.37. The van der Waals surface area contributed by atoms with E-state index in [-0.39, 0.29) is 16.4 Å². The van der Waals surface area contributed by atoms with Gasteiger partial charge in [-0.2, -0.15) is 0 Å². The van der Waals surface area contributed by atoms with Gasteiger partial charge in [-0.25, -0.2) is 13.1 Å². The zero-order valence-corrected chi connectivity index (χ0v) is 15.3. The molecule has 1 aromatic heterocycles. The molecule has 0 spiro atoms. The topological polar surface area (TPSA) is 85.6 Å². The first-order chi connectivity index (χ1) is 10.3. The standard InChI is InChI=1S/C13H11Br2NO5S/c1-2-20-9-4-3-8(14)7-11(9)22(18,19)16-13(17)10-5-6-12(15)21-10/h3-7H,2H2,1H3,(H,16,17). The SMILES string of the molecule is CCOc1ccc(Br)cc1S(=O)(=O)NC(=O)c1ccc(Br)o1. The van der Waals surface area contributed by atoms with Crippen molar-refractivity contribution in [2.24, 2.45) is 0 Å². The van der Waals surface area contributed by atoms with E-state index in [1.54, 1.807) is 13.0 Å². The third kappa shape index (κ3) is 3.90. The van der Waals surface area contributed by atoms with E-state index in [0.29, 0.717) is 15.7 Å². The summed E-state index contributed by atoms with van der Waals surface area (Å²) in [5.41, 5.74) is 0. The number of hydrogen-bond acceptors (Lipinski definition) is 5. The summed E-state index contributed by atoms with van der Waals surface area (Å²) in [5, 5.41) is 0. The van der Waals surface area contributed by atoms with Crippen LogP contribution in [0.5, 0.6) is 5.75 Å². The van der Waals surface area contributed by atoms with E-state index >= 15 is 0 Å². The third-order valence-corrected chi connectivity index (χ3v) is 4.79. The highest BCUT2D eigenvalue weighted by Gasteiger charge is 2.24. The summed E-state index contributed by atoms with van der Waals surface area (Å²) >= 11 is 6.24. The van der Waals surface area contributed by atoms with Crippen LogP contribution in [0.25, 0.3) is 0 Å². The van der Waals surface area contributed by atoms with Crippen LogP contribution in [0.2, 0.25) is 0 Å². The van der Waals surface area contributed by atoms with Crippen molar-refractivity contribution in [3.63, 3.8) is 0 Å². The monoisotopic (exact) mass is 451 g/mol. The molecular weight excluding hydrogens is 442 g/mol. The van der Waals surface area contributed by atoms with Gasteiger partial charge < -0.3 is 9.15 Å². The van der Waals surface area contributed by atoms with E-state index in [9.17, 15) is 13.2 Å². The Morgan fingerprint density at radius 3 is 2.59 bits per heavy atom. The minimum Gasteiger partial charge on any atom is -0.492 e. The van der Waals surface area contributed by atoms with Gasteiger partial charge in [0.25, 0.3) is 10.0 Å². The number of sulfonamides is 1. The molecule has 0 atom stereocenters. The second-order valence-corrected chi connectivity index (χ2v) is 7.41. The molecule has 0 aliphatic carbocycles. The Hall–Kier alpha value is -1.32. The molecule has 0 unspecified atom stereocenters. The molecule has 1 amide bonds. The summed E-state index contributed by atoms with van der Waals surface area (Å²) < 4.78 is 37.9. The number of benzene rings is 1. The van der Waals surface area contributed by atoms with Crippen molar-refractivity contribution >= 4 is 47.8 Å². The predicted octanol–water partition coefficient (Wildman–Crippen LogP) is 3.32. The maximum Gasteiger partial charge on any atom is 0.300 e. The molecule has 2 rings (SSSR count). The van der Waals surface area contributed by atoms with Gasteiger partial charge in [0.2, 0.25) is 0 Å². The second-order valence-electron chi connectivity index (χ2n) is 4.06. The van der Waals surface area contributed by atoms with Crippen LogP contribution in [-0.2, 0) is 10.0 Å². The van der Waals surface area contributed by atoms with Crippen LogP contribution < -0.4 is 9.46 Å². The fraction of sp³-hybridized carbons (Fsp3) is 0.154. The molecule has 0 bridgehead atoms. The molecule has 22 heavy (non-hydrogen) atoms. The van der Waals surface area contributed by atoms with E-state index in [0.717, 1.165) is 0 Å². The molecule has 118 valence electrons. The maximum atomic E-state index is 12.4. The van der Waals surface area contributed by atoms with Gasteiger partial charge >= 0.3 is 5.91 Å². The first kappa shape index (κ1) is 17.0. The molecule has 0 fully saturated rings. The average Bonchev–Trinajstić information content (AvgIpc) is 2.87. The molecule has 1 N–H and O–H groups in total. The lowest BCUT2D eigenvalue weighted by Gasteiger charge is -2.11. The molecule has 0 saturated heterocycles. The number of nitrogens with one attached hydrogen (secondary N) is 1.